The average Bonchev–Trinajstić information content (AvgIpc) is 3.24. The van der Waals surface area contributed by atoms with Gasteiger partial charge in [-0.1, -0.05) is 158 Å². The Bertz CT molecular complexity index is 5430. The van der Waals surface area contributed by atoms with Gasteiger partial charge < -0.3 is 17.6 Å². The molecule has 4 heteroatoms. The first-order valence-electron chi connectivity index (χ1n) is 26.9. The van der Waals surface area contributed by atoms with E-state index < -0.39 is 0 Å². The third-order valence-electron chi connectivity index (χ3n) is 17.4. The summed E-state index contributed by atoms with van der Waals surface area (Å²) in [6, 6.07) is 89.8. The molecule has 13 aromatic carbocycles. The third-order valence-corrected chi connectivity index (χ3v) is 17.4. The van der Waals surface area contributed by atoms with Gasteiger partial charge in [-0.25, -0.2) is 0 Å². The van der Waals surface area contributed by atoms with E-state index in [1.54, 1.807) is 0 Å². The molecule has 0 radical (unpaired) electrons. The minimum absolute atomic E-state index is 0.892. The number of furan rings is 2. The Kier molecular flexibility index (Phi) is 7.71. The summed E-state index contributed by atoms with van der Waals surface area (Å²) in [7, 11) is 0. The predicted octanol–water partition coefficient (Wildman–Crippen LogP) is 20.8. The number of nitrogens with zero attached hydrogens (tertiary/aromatic N) is 2. The molecule has 0 spiro atoms. The summed E-state index contributed by atoms with van der Waals surface area (Å²) in [5.74, 6) is 0. The summed E-state index contributed by atoms with van der Waals surface area (Å²) in [4.78, 5) is 0. The van der Waals surface area contributed by atoms with Gasteiger partial charge in [0.1, 0.15) is 22.3 Å². The van der Waals surface area contributed by atoms with Gasteiger partial charge >= 0.3 is 0 Å². The Morgan fingerprint density at radius 1 is 0.218 bits per heavy atom. The normalized spacial score (nSPS) is 12.6. The zero-order chi connectivity index (χ0) is 50.5. The highest BCUT2D eigenvalue weighted by molar-refractivity contribution is 6.38. The van der Waals surface area contributed by atoms with Crippen LogP contribution in [0.3, 0.4) is 0 Å². The average molecular weight is 989 g/mol. The van der Waals surface area contributed by atoms with Crippen LogP contribution in [0.5, 0.6) is 0 Å². The largest absolute Gasteiger partial charge is 0.456 e. The van der Waals surface area contributed by atoms with Crippen LogP contribution in [0.1, 0.15) is 0 Å². The van der Waals surface area contributed by atoms with Gasteiger partial charge in [0.15, 0.2) is 0 Å². The van der Waals surface area contributed by atoms with Crippen LogP contribution in [0, 0.1) is 0 Å². The molecule has 0 atom stereocenters. The molecule has 0 aliphatic carbocycles. The van der Waals surface area contributed by atoms with Gasteiger partial charge in [0.2, 0.25) is 0 Å². The number of benzene rings is 13. The Balaban J connectivity index is 0.987. The SMILES string of the molecule is c1ccc(-c2c3c4cc(-c5ccc6oc7cc8ccccc8cc7c6c5)cc5c6ccccc6n(c3c(-c3ccccc3)c3c6cc(-c7ccc8oc9cc%10ccccc%10cc9c8c7)cc7c8ccccc8n(c23)c76)c54)cc1. The van der Waals surface area contributed by atoms with Crippen LogP contribution in [-0.4, -0.2) is 8.80 Å². The number of para-hydroxylation sites is 2. The minimum atomic E-state index is 0.892. The van der Waals surface area contributed by atoms with E-state index in [-0.39, 0.29) is 0 Å². The van der Waals surface area contributed by atoms with Crippen molar-refractivity contribution in [2.75, 3.05) is 0 Å². The second kappa shape index (κ2) is 14.7. The molecule has 0 N–H and O–H groups in total. The Morgan fingerprint density at radius 3 is 1.03 bits per heavy atom. The fraction of sp³-hybridized carbons (Fsp3) is 0. The molecular formula is C74H40N2O2. The first kappa shape index (κ1) is 40.9. The second-order valence-electron chi connectivity index (χ2n) is 21.5. The van der Waals surface area contributed by atoms with Gasteiger partial charge in [-0.3, -0.25) is 0 Å². The molecule has 0 aliphatic heterocycles. The lowest BCUT2D eigenvalue weighted by Crippen LogP contribution is -1.93. The molecule has 19 rings (SSSR count). The lowest BCUT2D eigenvalue weighted by Gasteiger charge is -2.16. The van der Waals surface area contributed by atoms with E-state index >= 15 is 0 Å². The number of hydrogen-bond donors (Lipinski definition) is 0. The summed E-state index contributed by atoms with van der Waals surface area (Å²) in [5.41, 5.74) is 20.4. The van der Waals surface area contributed by atoms with Gasteiger partial charge in [0, 0.05) is 75.8 Å². The van der Waals surface area contributed by atoms with Gasteiger partial charge in [0.25, 0.3) is 0 Å². The van der Waals surface area contributed by atoms with Crippen LogP contribution >= 0.6 is 0 Å². The zero-order valence-electron chi connectivity index (χ0n) is 41.8. The molecule has 358 valence electrons. The van der Waals surface area contributed by atoms with E-state index in [0.29, 0.717) is 0 Å². The summed E-state index contributed by atoms with van der Waals surface area (Å²) in [6.07, 6.45) is 0. The quantitative estimate of drug-likeness (QED) is 0.176. The fourth-order valence-corrected chi connectivity index (χ4v) is 14.1. The van der Waals surface area contributed by atoms with Crippen molar-refractivity contribution in [3.05, 3.63) is 243 Å². The van der Waals surface area contributed by atoms with Crippen molar-refractivity contribution in [2.45, 2.75) is 0 Å². The van der Waals surface area contributed by atoms with Crippen LogP contribution in [0.2, 0.25) is 0 Å². The van der Waals surface area contributed by atoms with Crippen LogP contribution in [0.15, 0.2) is 251 Å². The smallest absolute Gasteiger partial charge is 0.136 e. The Hall–Kier alpha value is -10.4. The third kappa shape index (κ3) is 5.28. The molecule has 0 bridgehead atoms. The standard InChI is InChI=1S/C74H40N2O2/c1-3-15-41(16-4-1)67-69-59-37-49(47-27-29-63-53(33-47)55-31-43-19-7-9-21-45(43)39-65(55)77-63)35-57-52-24-12-14-26-62(52)76(71(57)59)74(69)68(42-17-5-2-6-18-42)70-60-38-50(36-58-51-23-11-13-25-61(51)75(72(58)60)73(67)70)48-28-30-64-54(34-48)56-32-44-20-8-10-22-46(44)40-66(56)78-64/h1-40H. The molecule has 6 heterocycles. The maximum Gasteiger partial charge on any atom is 0.136 e. The first-order chi connectivity index (χ1) is 38.7. The lowest BCUT2D eigenvalue weighted by molar-refractivity contribution is 0.669. The van der Waals surface area contributed by atoms with Crippen molar-refractivity contribution in [2.24, 2.45) is 0 Å². The van der Waals surface area contributed by atoms with Crippen LogP contribution in [0.4, 0.5) is 0 Å². The molecule has 6 aromatic heterocycles. The van der Waals surface area contributed by atoms with Gasteiger partial charge in [-0.2, -0.15) is 0 Å². The first-order valence-corrected chi connectivity index (χ1v) is 26.9. The minimum Gasteiger partial charge on any atom is -0.456 e. The van der Waals surface area contributed by atoms with Crippen molar-refractivity contribution < 1.29 is 8.83 Å². The van der Waals surface area contributed by atoms with Gasteiger partial charge in [0.05, 0.1) is 33.1 Å². The fourth-order valence-electron chi connectivity index (χ4n) is 14.1. The monoisotopic (exact) mass is 988 g/mol. The number of aromatic nitrogens is 2. The summed E-state index contributed by atoms with van der Waals surface area (Å²) >= 11 is 0. The second-order valence-corrected chi connectivity index (χ2v) is 21.5. The van der Waals surface area contributed by atoms with Crippen molar-refractivity contribution in [3.63, 3.8) is 0 Å². The van der Waals surface area contributed by atoms with E-state index in [9.17, 15) is 0 Å². The summed E-state index contributed by atoms with van der Waals surface area (Å²) in [6.45, 7) is 0. The molecule has 4 nitrogen and oxygen atoms in total. The lowest BCUT2D eigenvalue weighted by atomic mass is 9.88. The van der Waals surface area contributed by atoms with Crippen LogP contribution < -0.4 is 0 Å². The van der Waals surface area contributed by atoms with E-state index in [1.807, 2.05) is 0 Å². The van der Waals surface area contributed by atoms with Crippen molar-refractivity contribution in [1.82, 2.24) is 8.80 Å². The van der Waals surface area contributed by atoms with Crippen molar-refractivity contribution >= 4 is 142 Å². The summed E-state index contributed by atoms with van der Waals surface area (Å²) in [5, 5.41) is 19.2. The van der Waals surface area contributed by atoms with Gasteiger partial charge in [-0.15, -0.1) is 0 Å². The van der Waals surface area contributed by atoms with E-state index in [1.165, 1.54) is 131 Å². The van der Waals surface area contributed by atoms with E-state index in [4.69, 9.17) is 8.83 Å². The zero-order valence-corrected chi connectivity index (χ0v) is 41.8. The highest BCUT2D eigenvalue weighted by Crippen LogP contribution is 2.55. The molecule has 0 saturated carbocycles. The maximum absolute atomic E-state index is 6.57. The highest BCUT2D eigenvalue weighted by Gasteiger charge is 2.31. The molecule has 0 aliphatic rings. The topological polar surface area (TPSA) is 35.1 Å². The van der Waals surface area contributed by atoms with Crippen LogP contribution in [0.25, 0.3) is 186 Å². The van der Waals surface area contributed by atoms with E-state index in [0.717, 1.165) is 55.0 Å². The molecule has 78 heavy (non-hydrogen) atoms. The molecular weight excluding hydrogens is 949 g/mol. The molecule has 19 aromatic rings. The maximum atomic E-state index is 6.57. The highest BCUT2D eigenvalue weighted by atomic mass is 16.3. The van der Waals surface area contributed by atoms with Gasteiger partial charge in [-0.05, 0) is 140 Å². The molecule has 0 saturated heterocycles. The van der Waals surface area contributed by atoms with Crippen molar-refractivity contribution in [1.29, 1.82) is 0 Å². The molecule has 0 fully saturated rings. The van der Waals surface area contributed by atoms with Crippen LogP contribution in [-0.2, 0) is 0 Å². The molecule has 0 unspecified atom stereocenters. The number of hydrogen-bond acceptors (Lipinski definition) is 2. The number of fused-ring (bicyclic) bond motifs is 20. The predicted molar refractivity (Wildman–Crippen MR) is 327 cm³/mol. The number of rotatable bonds is 4. The Labute approximate surface area is 444 Å². The Morgan fingerprint density at radius 2 is 0.577 bits per heavy atom. The van der Waals surface area contributed by atoms with Crippen molar-refractivity contribution in [3.8, 4) is 44.5 Å². The molecule has 0 amide bonds. The van der Waals surface area contributed by atoms with E-state index in [2.05, 4.69) is 251 Å². The summed E-state index contributed by atoms with van der Waals surface area (Å²) < 4.78 is 18.4.